The Hall–Kier alpha value is -0.920. The van der Waals surface area contributed by atoms with E-state index in [9.17, 15) is 13.2 Å². The first-order valence-corrected chi connectivity index (χ1v) is 9.22. The third kappa shape index (κ3) is 4.05. The lowest BCUT2D eigenvalue weighted by Crippen LogP contribution is -2.34. The maximum absolute atomic E-state index is 11.5. The minimum atomic E-state index is -3.63. The molecule has 1 aromatic carbocycles. The van der Waals surface area contributed by atoms with Gasteiger partial charge in [-0.2, -0.15) is 8.42 Å². The molecule has 1 fully saturated rings. The van der Waals surface area contributed by atoms with Crippen LogP contribution >= 0.6 is 15.9 Å². The quantitative estimate of drug-likeness (QED) is 0.819. The van der Waals surface area contributed by atoms with E-state index in [0.717, 1.165) is 27.4 Å². The minimum absolute atomic E-state index is 0.0762. The average Bonchev–Trinajstić information content (AvgIpc) is 2.78. The predicted octanol–water partition coefficient (Wildman–Crippen LogP) is 2.36. The molecular formula is C14H18BrNO4S. The van der Waals surface area contributed by atoms with Crippen LogP contribution in [0.15, 0.2) is 16.6 Å². The van der Waals surface area contributed by atoms with E-state index in [1.807, 2.05) is 26.0 Å². The van der Waals surface area contributed by atoms with E-state index in [4.69, 9.17) is 4.18 Å². The zero-order chi connectivity index (χ0) is 15.8. The van der Waals surface area contributed by atoms with Gasteiger partial charge in [0.25, 0.3) is 10.1 Å². The molecule has 1 aliphatic rings. The van der Waals surface area contributed by atoms with Gasteiger partial charge in [0.1, 0.15) is 6.10 Å². The first-order chi connectivity index (χ1) is 9.67. The fourth-order valence-electron chi connectivity index (χ4n) is 2.55. The summed E-state index contributed by atoms with van der Waals surface area (Å²) in [6.45, 7) is 3.87. The molecule has 1 aliphatic heterocycles. The Morgan fingerprint density at radius 3 is 2.33 bits per heavy atom. The number of aryl methyl sites for hydroxylation is 2. The van der Waals surface area contributed by atoms with Crippen LogP contribution in [0.5, 0.6) is 0 Å². The Morgan fingerprint density at radius 2 is 1.90 bits per heavy atom. The van der Waals surface area contributed by atoms with Gasteiger partial charge in [-0.25, -0.2) is 0 Å². The molecule has 0 aromatic heterocycles. The van der Waals surface area contributed by atoms with Crippen molar-refractivity contribution < 1.29 is 17.4 Å². The molecule has 1 unspecified atom stereocenters. The minimum Gasteiger partial charge on any atom is -0.350 e. The lowest BCUT2D eigenvalue weighted by Gasteiger charge is -2.24. The molecule has 0 radical (unpaired) electrons. The van der Waals surface area contributed by atoms with Crippen molar-refractivity contribution in [1.82, 2.24) is 5.32 Å². The van der Waals surface area contributed by atoms with Crippen molar-refractivity contribution >= 4 is 32.0 Å². The third-order valence-corrected chi connectivity index (χ3v) is 5.27. The molecule has 0 spiro atoms. The number of amides is 1. The number of hydrogen-bond acceptors (Lipinski definition) is 4. The summed E-state index contributed by atoms with van der Waals surface area (Å²) < 4.78 is 29.3. The SMILES string of the molecule is Cc1cc([C@@H](OS(C)(=O)=O)C2CCC(=O)N2)cc(C)c1Br. The molecule has 7 heteroatoms. The lowest BCUT2D eigenvalue weighted by molar-refractivity contribution is -0.119. The zero-order valence-electron chi connectivity index (χ0n) is 12.1. The van der Waals surface area contributed by atoms with Gasteiger partial charge >= 0.3 is 0 Å². The molecular weight excluding hydrogens is 358 g/mol. The molecule has 2 rings (SSSR count). The van der Waals surface area contributed by atoms with Crippen molar-refractivity contribution in [3.8, 4) is 0 Å². The van der Waals surface area contributed by atoms with Crippen LogP contribution in [-0.2, 0) is 19.1 Å². The molecule has 1 heterocycles. The van der Waals surface area contributed by atoms with Gasteiger partial charge in [0.2, 0.25) is 5.91 Å². The van der Waals surface area contributed by atoms with Gasteiger partial charge in [0.05, 0.1) is 12.3 Å². The molecule has 0 aliphatic carbocycles. The highest BCUT2D eigenvalue weighted by Gasteiger charge is 2.33. The van der Waals surface area contributed by atoms with Crippen LogP contribution in [0, 0.1) is 13.8 Å². The number of carbonyl (C=O) groups is 1. The molecule has 1 N–H and O–H groups in total. The fraction of sp³-hybridized carbons (Fsp3) is 0.500. The smallest absolute Gasteiger partial charge is 0.265 e. The topological polar surface area (TPSA) is 72.5 Å². The fourth-order valence-corrected chi connectivity index (χ4v) is 3.40. The maximum Gasteiger partial charge on any atom is 0.265 e. The van der Waals surface area contributed by atoms with Gasteiger partial charge in [-0.3, -0.25) is 8.98 Å². The Bertz CT molecular complexity index is 649. The Morgan fingerprint density at radius 1 is 1.33 bits per heavy atom. The molecule has 21 heavy (non-hydrogen) atoms. The molecule has 0 saturated carbocycles. The second kappa shape index (κ2) is 6.06. The Labute approximate surface area is 133 Å². The highest BCUT2D eigenvalue weighted by atomic mass is 79.9. The summed E-state index contributed by atoms with van der Waals surface area (Å²) in [6, 6.07) is 3.45. The first-order valence-electron chi connectivity index (χ1n) is 6.61. The molecule has 1 aromatic rings. The van der Waals surface area contributed by atoms with E-state index in [0.29, 0.717) is 12.8 Å². The highest BCUT2D eigenvalue weighted by Crippen LogP contribution is 2.32. The van der Waals surface area contributed by atoms with Gasteiger partial charge in [0, 0.05) is 10.9 Å². The highest BCUT2D eigenvalue weighted by molar-refractivity contribution is 9.10. The van der Waals surface area contributed by atoms with Crippen molar-refractivity contribution in [1.29, 1.82) is 0 Å². The van der Waals surface area contributed by atoms with Crippen LogP contribution in [0.2, 0.25) is 0 Å². The standard InChI is InChI=1S/C14H18BrNO4S/c1-8-6-10(7-9(2)13(8)15)14(20-21(3,18)19)11-4-5-12(17)16-11/h6-7,11,14H,4-5H2,1-3H3,(H,16,17)/t11?,14-/m1/s1. The van der Waals surface area contributed by atoms with E-state index < -0.39 is 16.2 Å². The zero-order valence-corrected chi connectivity index (χ0v) is 14.5. The number of nitrogens with one attached hydrogen (secondary N) is 1. The van der Waals surface area contributed by atoms with E-state index >= 15 is 0 Å². The maximum atomic E-state index is 11.5. The average molecular weight is 376 g/mol. The van der Waals surface area contributed by atoms with Crippen molar-refractivity contribution in [3.05, 3.63) is 33.3 Å². The molecule has 0 bridgehead atoms. The van der Waals surface area contributed by atoms with Gasteiger partial charge in [-0.15, -0.1) is 0 Å². The molecule has 5 nitrogen and oxygen atoms in total. The van der Waals surface area contributed by atoms with Crippen LogP contribution in [0.1, 0.15) is 35.6 Å². The lowest BCUT2D eigenvalue weighted by atomic mass is 9.97. The number of benzene rings is 1. The van der Waals surface area contributed by atoms with Crippen molar-refractivity contribution in [2.24, 2.45) is 0 Å². The van der Waals surface area contributed by atoms with Crippen LogP contribution in [-0.4, -0.2) is 26.6 Å². The Kier molecular flexibility index (Phi) is 4.75. The van der Waals surface area contributed by atoms with Crippen LogP contribution in [0.4, 0.5) is 0 Å². The summed E-state index contributed by atoms with van der Waals surface area (Å²) in [5, 5.41) is 2.79. The normalized spacial score (nSPS) is 20.4. The van der Waals surface area contributed by atoms with Gasteiger partial charge in [0.15, 0.2) is 0 Å². The number of halogens is 1. The van der Waals surface area contributed by atoms with E-state index in [-0.39, 0.29) is 11.9 Å². The van der Waals surface area contributed by atoms with Gasteiger partial charge in [-0.05, 0) is 37.0 Å². The largest absolute Gasteiger partial charge is 0.350 e. The van der Waals surface area contributed by atoms with Gasteiger partial charge in [-0.1, -0.05) is 28.1 Å². The Balaban J connectivity index is 2.42. The van der Waals surface area contributed by atoms with Crippen molar-refractivity contribution in [2.45, 2.75) is 38.8 Å². The van der Waals surface area contributed by atoms with E-state index in [1.54, 1.807) is 0 Å². The predicted molar refractivity (Wildman–Crippen MR) is 83.5 cm³/mol. The number of hydrogen-bond donors (Lipinski definition) is 1. The summed E-state index contributed by atoms with van der Waals surface area (Å²) >= 11 is 3.49. The number of rotatable bonds is 4. The summed E-state index contributed by atoms with van der Waals surface area (Å²) in [7, 11) is -3.63. The third-order valence-electron chi connectivity index (χ3n) is 3.46. The van der Waals surface area contributed by atoms with Crippen molar-refractivity contribution in [3.63, 3.8) is 0 Å². The van der Waals surface area contributed by atoms with E-state index in [1.165, 1.54) is 0 Å². The van der Waals surface area contributed by atoms with Crippen LogP contribution < -0.4 is 5.32 Å². The summed E-state index contributed by atoms with van der Waals surface area (Å²) in [5.74, 6) is -0.0762. The summed E-state index contributed by atoms with van der Waals surface area (Å²) in [6.07, 6.45) is 1.28. The summed E-state index contributed by atoms with van der Waals surface area (Å²) in [4.78, 5) is 11.4. The number of carbonyl (C=O) groups excluding carboxylic acids is 1. The van der Waals surface area contributed by atoms with Crippen molar-refractivity contribution in [2.75, 3.05) is 6.26 Å². The molecule has 116 valence electrons. The first kappa shape index (κ1) is 16.5. The summed E-state index contributed by atoms with van der Waals surface area (Å²) in [5.41, 5.74) is 2.75. The van der Waals surface area contributed by atoms with Gasteiger partial charge < -0.3 is 5.32 Å². The van der Waals surface area contributed by atoms with E-state index in [2.05, 4.69) is 21.2 Å². The molecule has 1 amide bonds. The monoisotopic (exact) mass is 375 g/mol. The molecule has 2 atom stereocenters. The second-order valence-corrected chi connectivity index (χ2v) is 7.80. The van der Waals surface area contributed by atoms with Crippen LogP contribution in [0.3, 0.4) is 0 Å². The second-order valence-electron chi connectivity index (χ2n) is 5.40. The molecule has 1 saturated heterocycles. The van der Waals surface area contributed by atoms with Crippen LogP contribution in [0.25, 0.3) is 0 Å².